The Bertz CT molecular complexity index is 958. The molecule has 21 nitrogen and oxygen atoms in total. The van der Waals surface area contributed by atoms with Gasteiger partial charge < -0.3 is 79.5 Å². The first-order chi connectivity index (χ1) is 20.2. The standard InChI is InChI=1S/C22H36N2O19/c1-38-20(35)17-14(32)11(29)9(27)6(41-17)3-39-22(37)24-19-16(34)13(31)10(28)7(43-19)4-40-21(36)23-18-15(33)12(30)8(26)5(2-25)42-18/h5-19,25-34H,2-4H2,1H3,(H,23,36)(H,24,37)/t5-,6-,7-,8-,9-,10-,11+,12+,13+,14-,15-,16-,17-,18-,19-/m1/s1. The van der Waals surface area contributed by atoms with Crippen molar-refractivity contribution in [1.82, 2.24) is 10.6 Å². The van der Waals surface area contributed by atoms with Crippen molar-refractivity contribution in [3.63, 3.8) is 0 Å². The van der Waals surface area contributed by atoms with Crippen LogP contribution in [0, 0.1) is 0 Å². The number of hydrogen-bond acceptors (Lipinski definition) is 19. The fourth-order valence-corrected chi connectivity index (χ4v) is 4.46. The highest BCUT2D eigenvalue weighted by atomic mass is 16.6. The molecule has 0 saturated carbocycles. The lowest BCUT2D eigenvalue weighted by Gasteiger charge is -2.41. The van der Waals surface area contributed by atoms with Gasteiger partial charge in [0.2, 0.25) is 0 Å². The van der Waals surface area contributed by atoms with Crippen LogP contribution in [-0.4, -0.2) is 188 Å². The van der Waals surface area contributed by atoms with Crippen LogP contribution in [0.4, 0.5) is 9.59 Å². The Morgan fingerprint density at radius 2 is 0.977 bits per heavy atom. The molecule has 0 spiro atoms. The molecule has 0 unspecified atom stereocenters. The second kappa shape index (κ2) is 15.0. The summed E-state index contributed by atoms with van der Waals surface area (Å²) in [6.07, 6.45) is -28.7. The van der Waals surface area contributed by atoms with Gasteiger partial charge in [0, 0.05) is 0 Å². The summed E-state index contributed by atoms with van der Waals surface area (Å²) in [7, 11) is 0.987. The lowest BCUT2D eigenvalue weighted by Crippen LogP contribution is -2.64. The van der Waals surface area contributed by atoms with E-state index in [0.29, 0.717) is 0 Å². The summed E-state index contributed by atoms with van der Waals surface area (Å²) in [4.78, 5) is 36.3. The third-order valence-corrected chi connectivity index (χ3v) is 7.03. The molecule has 0 aromatic carbocycles. The third kappa shape index (κ3) is 7.96. The molecule has 3 aliphatic heterocycles. The number of ether oxygens (including phenoxy) is 6. The minimum Gasteiger partial charge on any atom is -0.467 e. The monoisotopic (exact) mass is 632 g/mol. The zero-order chi connectivity index (χ0) is 32.2. The van der Waals surface area contributed by atoms with Crippen LogP contribution in [0.3, 0.4) is 0 Å². The minimum atomic E-state index is -1.94. The number of carbonyl (C=O) groups excluding carboxylic acids is 3. The Balaban J connectivity index is 1.52. The van der Waals surface area contributed by atoms with Gasteiger partial charge in [-0.05, 0) is 0 Å². The molecule has 3 heterocycles. The number of alkyl carbamates (subject to hydrolysis) is 2. The van der Waals surface area contributed by atoms with E-state index in [0.717, 1.165) is 7.11 Å². The van der Waals surface area contributed by atoms with Gasteiger partial charge in [0.25, 0.3) is 0 Å². The molecular formula is C22H36N2O19. The van der Waals surface area contributed by atoms with Gasteiger partial charge >= 0.3 is 18.2 Å². The van der Waals surface area contributed by atoms with Crippen LogP contribution >= 0.6 is 0 Å². The number of aliphatic hydroxyl groups is 10. The van der Waals surface area contributed by atoms with Gasteiger partial charge in [0.1, 0.15) is 86.5 Å². The molecule has 0 radical (unpaired) electrons. The van der Waals surface area contributed by atoms with Crippen LogP contribution in [0.25, 0.3) is 0 Å². The maximum absolute atomic E-state index is 12.3. The van der Waals surface area contributed by atoms with Gasteiger partial charge in [-0.3, -0.25) is 10.6 Å². The number of hydrogen-bond donors (Lipinski definition) is 12. The second-order valence-electron chi connectivity index (χ2n) is 9.89. The van der Waals surface area contributed by atoms with Crippen molar-refractivity contribution >= 4 is 18.2 Å². The predicted molar refractivity (Wildman–Crippen MR) is 128 cm³/mol. The lowest BCUT2D eigenvalue weighted by atomic mass is 9.95. The molecule has 3 saturated heterocycles. The molecule has 43 heavy (non-hydrogen) atoms. The SMILES string of the molecule is COC(=O)[C@@H]1O[C@H](COC(=O)N[C@@H]2O[C@H](COC(=O)N[C@@H]3O[C@H](CO)[C@@H](O)[C@H](O)[C@H]3O)[C@@H](O)[C@H](O)[C@H]2O)[C@@H](O)[C@H](O)[C@H]1O. The molecule has 0 aromatic rings. The maximum atomic E-state index is 12.3. The van der Waals surface area contributed by atoms with Crippen LogP contribution < -0.4 is 10.6 Å². The highest BCUT2D eigenvalue weighted by Gasteiger charge is 2.49. The first-order valence-electron chi connectivity index (χ1n) is 12.9. The van der Waals surface area contributed by atoms with Crippen LogP contribution in [0.1, 0.15) is 0 Å². The van der Waals surface area contributed by atoms with Gasteiger partial charge in [-0.2, -0.15) is 0 Å². The van der Waals surface area contributed by atoms with Crippen LogP contribution in [0.15, 0.2) is 0 Å². The quantitative estimate of drug-likeness (QED) is 0.0872. The molecule has 12 N–H and O–H groups in total. The largest absolute Gasteiger partial charge is 0.467 e. The second-order valence-corrected chi connectivity index (χ2v) is 9.89. The number of methoxy groups -OCH3 is 1. The molecular weight excluding hydrogens is 596 g/mol. The van der Waals surface area contributed by atoms with Crippen molar-refractivity contribution in [3.05, 3.63) is 0 Å². The fraction of sp³-hybridized carbons (Fsp3) is 0.864. The first kappa shape index (κ1) is 35.0. The predicted octanol–water partition coefficient (Wildman–Crippen LogP) is -7.93. The van der Waals surface area contributed by atoms with E-state index in [1.807, 2.05) is 10.6 Å². The van der Waals surface area contributed by atoms with Crippen molar-refractivity contribution in [2.45, 2.75) is 91.8 Å². The molecule has 15 atom stereocenters. The Morgan fingerprint density at radius 3 is 1.42 bits per heavy atom. The Labute approximate surface area is 242 Å². The summed E-state index contributed by atoms with van der Waals surface area (Å²) in [6, 6.07) is 0. The van der Waals surface area contributed by atoms with E-state index in [1.165, 1.54) is 0 Å². The number of carbonyl (C=O) groups is 3. The average molecular weight is 633 g/mol. The zero-order valence-corrected chi connectivity index (χ0v) is 22.4. The summed E-state index contributed by atoms with van der Waals surface area (Å²) in [5, 5.41) is 104. The van der Waals surface area contributed by atoms with E-state index in [1.54, 1.807) is 0 Å². The molecule has 0 bridgehead atoms. The van der Waals surface area contributed by atoms with Crippen molar-refractivity contribution in [2.75, 3.05) is 26.9 Å². The normalized spacial score (nSPS) is 43.3. The van der Waals surface area contributed by atoms with Crippen LogP contribution in [0.2, 0.25) is 0 Å². The molecule has 0 aliphatic carbocycles. The first-order valence-corrected chi connectivity index (χ1v) is 12.9. The molecule has 3 fully saturated rings. The smallest absolute Gasteiger partial charge is 0.409 e. The number of esters is 1. The summed E-state index contributed by atoms with van der Waals surface area (Å²) < 4.78 is 29.8. The Hall–Kier alpha value is -2.51. The number of rotatable bonds is 8. The molecule has 0 aromatic heterocycles. The highest BCUT2D eigenvalue weighted by Crippen LogP contribution is 2.24. The third-order valence-electron chi connectivity index (χ3n) is 7.03. The summed E-state index contributed by atoms with van der Waals surface area (Å²) in [6.45, 7) is -2.35. The van der Waals surface area contributed by atoms with Crippen molar-refractivity contribution in [3.8, 4) is 0 Å². The molecule has 2 amide bonds. The van der Waals surface area contributed by atoms with E-state index >= 15 is 0 Å². The minimum absolute atomic E-state index is 0.759. The maximum Gasteiger partial charge on any atom is 0.409 e. The van der Waals surface area contributed by atoms with Crippen molar-refractivity contribution in [1.29, 1.82) is 0 Å². The fourth-order valence-electron chi connectivity index (χ4n) is 4.46. The van der Waals surface area contributed by atoms with E-state index in [4.69, 9.17) is 23.7 Å². The topological polar surface area (TPSA) is 333 Å². The molecule has 3 aliphatic rings. The van der Waals surface area contributed by atoms with Gasteiger partial charge in [-0.15, -0.1) is 0 Å². The van der Waals surface area contributed by atoms with Crippen LogP contribution in [-0.2, 0) is 33.2 Å². The molecule has 21 heteroatoms. The van der Waals surface area contributed by atoms with E-state index < -0.39 is 130 Å². The Morgan fingerprint density at radius 1 is 0.581 bits per heavy atom. The average Bonchev–Trinajstić information content (AvgIpc) is 2.99. The summed E-state index contributed by atoms with van der Waals surface area (Å²) in [5.74, 6) is -1.07. The number of aliphatic hydroxyl groups excluding tert-OH is 10. The van der Waals surface area contributed by atoms with E-state index in [9.17, 15) is 65.4 Å². The van der Waals surface area contributed by atoms with Gasteiger partial charge in [0.05, 0.1) is 13.7 Å². The van der Waals surface area contributed by atoms with E-state index in [2.05, 4.69) is 4.74 Å². The zero-order valence-electron chi connectivity index (χ0n) is 22.4. The molecule has 248 valence electrons. The van der Waals surface area contributed by atoms with E-state index in [-0.39, 0.29) is 0 Å². The summed E-state index contributed by atoms with van der Waals surface area (Å²) >= 11 is 0. The van der Waals surface area contributed by atoms with Gasteiger partial charge in [0.15, 0.2) is 18.6 Å². The number of amides is 2. The molecule has 3 rings (SSSR count). The highest BCUT2D eigenvalue weighted by molar-refractivity contribution is 5.75. The Kier molecular flexibility index (Phi) is 12.2. The van der Waals surface area contributed by atoms with Crippen LogP contribution in [0.5, 0.6) is 0 Å². The van der Waals surface area contributed by atoms with Crippen molar-refractivity contribution < 1.29 is 93.9 Å². The number of nitrogens with one attached hydrogen (secondary N) is 2. The van der Waals surface area contributed by atoms with Crippen molar-refractivity contribution in [2.24, 2.45) is 0 Å². The summed E-state index contributed by atoms with van der Waals surface area (Å²) in [5.41, 5.74) is 0. The van der Waals surface area contributed by atoms with Gasteiger partial charge in [-0.1, -0.05) is 0 Å². The lowest BCUT2D eigenvalue weighted by molar-refractivity contribution is -0.240. The van der Waals surface area contributed by atoms with Gasteiger partial charge in [-0.25, -0.2) is 14.4 Å².